The summed E-state index contributed by atoms with van der Waals surface area (Å²) in [6.07, 6.45) is 1.25. The largest absolute Gasteiger partial charge is 0.370 e. The van der Waals surface area contributed by atoms with Crippen molar-refractivity contribution in [1.29, 1.82) is 0 Å². The third kappa shape index (κ3) is 4.14. The Hall–Kier alpha value is -1.16. The van der Waals surface area contributed by atoms with Crippen molar-refractivity contribution in [1.82, 2.24) is 10.3 Å². The van der Waals surface area contributed by atoms with Gasteiger partial charge in [-0.1, -0.05) is 20.8 Å². The highest BCUT2D eigenvalue weighted by Gasteiger charge is 2.05. The average Bonchev–Trinajstić information content (AvgIpc) is 2.24. The summed E-state index contributed by atoms with van der Waals surface area (Å²) in [5.41, 5.74) is 0.877. The van der Waals surface area contributed by atoms with Crippen molar-refractivity contribution in [2.75, 3.05) is 18.4 Å². The second-order valence-electron chi connectivity index (χ2n) is 4.22. The second kappa shape index (κ2) is 6.43. The van der Waals surface area contributed by atoms with Crippen LogP contribution in [-0.4, -0.2) is 18.1 Å². The monoisotopic (exact) mass is 225 g/mol. The SMILES string of the molecule is CCNCc1cc(F)cnc1NCC(C)C. The van der Waals surface area contributed by atoms with Gasteiger partial charge in [0.05, 0.1) is 6.20 Å². The molecule has 1 aromatic rings. The maximum absolute atomic E-state index is 13.1. The van der Waals surface area contributed by atoms with E-state index in [1.807, 2.05) is 6.92 Å². The lowest BCUT2D eigenvalue weighted by Gasteiger charge is -2.12. The molecule has 0 aliphatic carbocycles. The molecule has 90 valence electrons. The summed E-state index contributed by atoms with van der Waals surface area (Å²) in [7, 11) is 0. The predicted molar refractivity (Wildman–Crippen MR) is 64.9 cm³/mol. The molecule has 4 heteroatoms. The van der Waals surface area contributed by atoms with E-state index in [0.29, 0.717) is 12.5 Å². The van der Waals surface area contributed by atoms with Crippen LogP contribution in [0.1, 0.15) is 26.3 Å². The van der Waals surface area contributed by atoms with E-state index in [4.69, 9.17) is 0 Å². The molecule has 16 heavy (non-hydrogen) atoms. The summed E-state index contributed by atoms with van der Waals surface area (Å²) < 4.78 is 13.1. The van der Waals surface area contributed by atoms with E-state index < -0.39 is 0 Å². The lowest BCUT2D eigenvalue weighted by atomic mass is 10.2. The van der Waals surface area contributed by atoms with Crippen molar-refractivity contribution in [2.45, 2.75) is 27.3 Å². The van der Waals surface area contributed by atoms with Crippen LogP contribution in [0, 0.1) is 11.7 Å². The molecule has 0 aliphatic heterocycles. The maximum atomic E-state index is 13.1. The van der Waals surface area contributed by atoms with Crippen LogP contribution in [-0.2, 0) is 6.54 Å². The predicted octanol–water partition coefficient (Wildman–Crippen LogP) is 2.40. The van der Waals surface area contributed by atoms with Gasteiger partial charge in [0.2, 0.25) is 0 Å². The lowest BCUT2D eigenvalue weighted by Crippen LogP contribution is -2.16. The van der Waals surface area contributed by atoms with Gasteiger partial charge >= 0.3 is 0 Å². The fourth-order valence-electron chi connectivity index (χ4n) is 1.34. The van der Waals surface area contributed by atoms with Crippen LogP contribution in [0.3, 0.4) is 0 Å². The molecule has 3 nitrogen and oxygen atoms in total. The highest BCUT2D eigenvalue weighted by molar-refractivity contribution is 5.43. The summed E-state index contributed by atoms with van der Waals surface area (Å²) in [6.45, 7) is 8.62. The first-order valence-corrected chi connectivity index (χ1v) is 5.72. The number of hydrogen-bond donors (Lipinski definition) is 2. The summed E-state index contributed by atoms with van der Waals surface area (Å²) in [6, 6.07) is 1.53. The number of rotatable bonds is 6. The van der Waals surface area contributed by atoms with Crippen molar-refractivity contribution in [3.8, 4) is 0 Å². The third-order valence-electron chi connectivity index (χ3n) is 2.18. The Labute approximate surface area is 96.5 Å². The van der Waals surface area contributed by atoms with Crippen molar-refractivity contribution >= 4 is 5.82 Å². The molecule has 0 aliphatic rings. The minimum absolute atomic E-state index is 0.289. The first-order chi connectivity index (χ1) is 7.63. The van der Waals surface area contributed by atoms with E-state index in [0.717, 1.165) is 24.5 Å². The molecule has 2 N–H and O–H groups in total. The van der Waals surface area contributed by atoms with Crippen LogP contribution < -0.4 is 10.6 Å². The van der Waals surface area contributed by atoms with Crippen molar-refractivity contribution in [2.24, 2.45) is 5.92 Å². The zero-order valence-electron chi connectivity index (χ0n) is 10.2. The fraction of sp³-hybridized carbons (Fsp3) is 0.583. The number of aromatic nitrogens is 1. The number of pyridine rings is 1. The standard InChI is InChI=1S/C12H20FN3/c1-4-14-7-10-5-11(13)8-16-12(10)15-6-9(2)3/h5,8-9,14H,4,6-7H2,1-3H3,(H,15,16). The van der Waals surface area contributed by atoms with Crippen LogP contribution in [0.25, 0.3) is 0 Å². The molecule has 0 spiro atoms. The topological polar surface area (TPSA) is 37.0 Å². The van der Waals surface area contributed by atoms with Gasteiger partial charge < -0.3 is 10.6 Å². The Morgan fingerprint density at radius 3 is 2.81 bits per heavy atom. The molecule has 0 saturated carbocycles. The zero-order chi connectivity index (χ0) is 12.0. The highest BCUT2D eigenvalue weighted by atomic mass is 19.1. The first-order valence-electron chi connectivity index (χ1n) is 5.72. The van der Waals surface area contributed by atoms with Crippen molar-refractivity contribution in [3.63, 3.8) is 0 Å². The third-order valence-corrected chi connectivity index (χ3v) is 2.18. The molecular weight excluding hydrogens is 205 g/mol. The summed E-state index contributed by atoms with van der Waals surface area (Å²) in [4.78, 5) is 4.08. The normalized spacial score (nSPS) is 10.8. The molecule has 0 unspecified atom stereocenters. The quantitative estimate of drug-likeness (QED) is 0.780. The Kier molecular flexibility index (Phi) is 5.19. The van der Waals surface area contributed by atoms with Crippen LogP contribution >= 0.6 is 0 Å². The number of hydrogen-bond acceptors (Lipinski definition) is 3. The Morgan fingerprint density at radius 1 is 1.44 bits per heavy atom. The van der Waals surface area contributed by atoms with Crippen LogP contribution in [0.2, 0.25) is 0 Å². The van der Waals surface area contributed by atoms with Crippen LogP contribution in [0.5, 0.6) is 0 Å². The van der Waals surface area contributed by atoms with Gasteiger partial charge in [0.15, 0.2) is 0 Å². The van der Waals surface area contributed by atoms with Gasteiger partial charge in [0, 0.05) is 18.7 Å². The van der Waals surface area contributed by atoms with Gasteiger partial charge in [0.1, 0.15) is 11.6 Å². The molecule has 0 bridgehead atoms. The van der Waals surface area contributed by atoms with Gasteiger partial charge in [-0.2, -0.15) is 0 Å². The number of anilines is 1. The summed E-state index contributed by atoms with van der Waals surface area (Å²) >= 11 is 0. The van der Waals surface area contributed by atoms with Gasteiger partial charge in [-0.05, 0) is 18.5 Å². The summed E-state index contributed by atoms with van der Waals surface area (Å²) in [5.74, 6) is 1.03. The van der Waals surface area contributed by atoms with E-state index in [1.54, 1.807) is 0 Å². The van der Waals surface area contributed by atoms with Crippen molar-refractivity contribution < 1.29 is 4.39 Å². The molecule has 0 fully saturated rings. The molecule has 0 amide bonds. The Morgan fingerprint density at radius 2 is 2.19 bits per heavy atom. The van der Waals surface area contributed by atoms with Gasteiger partial charge in [0.25, 0.3) is 0 Å². The smallest absolute Gasteiger partial charge is 0.141 e. The van der Waals surface area contributed by atoms with E-state index in [1.165, 1.54) is 12.3 Å². The molecule has 1 rings (SSSR count). The van der Waals surface area contributed by atoms with Crippen molar-refractivity contribution in [3.05, 3.63) is 23.6 Å². The van der Waals surface area contributed by atoms with E-state index in [2.05, 4.69) is 29.5 Å². The van der Waals surface area contributed by atoms with Gasteiger partial charge in [-0.3, -0.25) is 0 Å². The Balaban J connectivity index is 2.72. The molecule has 1 heterocycles. The second-order valence-corrected chi connectivity index (χ2v) is 4.22. The average molecular weight is 225 g/mol. The van der Waals surface area contributed by atoms with Gasteiger partial charge in [-0.15, -0.1) is 0 Å². The molecule has 0 radical (unpaired) electrons. The minimum atomic E-state index is -0.289. The minimum Gasteiger partial charge on any atom is -0.370 e. The number of nitrogens with one attached hydrogen (secondary N) is 2. The fourth-order valence-corrected chi connectivity index (χ4v) is 1.34. The molecule has 1 aromatic heterocycles. The maximum Gasteiger partial charge on any atom is 0.141 e. The Bertz CT molecular complexity index is 326. The van der Waals surface area contributed by atoms with E-state index in [9.17, 15) is 4.39 Å². The molecule has 0 atom stereocenters. The number of nitrogens with zero attached hydrogens (tertiary/aromatic N) is 1. The van der Waals surface area contributed by atoms with Crippen LogP contribution in [0.4, 0.5) is 10.2 Å². The lowest BCUT2D eigenvalue weighted by molar-refractivity contribution is 0.614. The molecular formula is C12H20FN3. The molecule has 0 aromatic carbocycles. The zero-order valence-corrected chi connectivity index (χ0v) is 10.2. The van der Waals surface area contributed by atoms with Gasteiger partial charge in [-0.25, -0.2) is 9.37 Å². The van der Waals surface area contributed by atoms with Crippen LogP contribution in [0.15, 0.2) is 12.3 Å². The molecule has 0 saturated heterocycles. The number of halogens is 1. The first kappa shape index (κ1) is 12.9. The summed E-state index contributed by atoms with van der Waals surface area (Å²) in [5, 5.41) is 6.40. The highest BCUT2D eigenvalue weighted by Crippen LogP contribution is 2.13. The van der Waals surface area contributed by atoms with E-state index in [-0.39, 0.29) is 5.82 Å². The van der Waals surface area contributed by atoms with E-state index >= 15 is 0 Å².